The third-order valence-electron chi connectivity index (χ3n) is 2.29. The first-order valence-corrected chi connectivity index (χ1v) is 6.07. The molecule has 0 spiro atoms. The molecule has 1 atom stereocenters. The number of aromatic nitrogens is 2. The van der Waals surface area contributed by atoms with E-state index in [2.05, 4.69) is 26.1 Å². The molecule has 0 saturated carbocycles. The van der Waals surface area contributed by atoms with Crippen LogP contribution in [0.15, 0.2) is 27.2 Å². The minimum Gasteiger partial charge on any atom is -0.383 e. The number of halogens is 2. The van der Waals surface area contributed by atoms with Crippen molar-refractivity contribution in [2.45, 2.75) is 12.5 Å². The summed E-state index contributed by atoms with van der Waals surface area (Å²) in [6, 6.07) is 4.27. The van der Waals surface area contributed by atoms with Crippen LogP contribution in [0.2, 0.25) is 0 Å². The van der Waals surface area contributed by atoms with Crippen LogP contribution in [0.5, 0.6) is 0 Å². The predicted octanol–water partition coefficient (Wildman–Crippen LogP) is 2.02. The zero-order valence-corrected chi connectivity index (χ0v) is 10.9. The summed E-state index contributed by atoms with van der Waals surface area (Å²) >= 11 is 3.18. The van der Waals surface area contributed by atoms with Gasteiger partial charge in [-0.25, -0.2) is 4.39 Å². The quantitative estimate of drug-likeness (QED) is 0.901. The summed E-state index contributed by atoms with van der Waals surface area (Å²) in [4.78, 5) is 4.01. The lowest BCUT2D eigenvalue weighted by molar-refractivity contribution is 0.127. The van der Waals surface area contributed by atoms with Crippen LogP contribution in [0.1, 0.15) is 18.4 Å². The Balaban J connectivity index is 2.29. The Bertz CT molecular complexity index is 527. The van der Waals surface area contributed by atoms with Crippen molar-refractivity contribution in [1.82, 2.24) is 10.1 Å². The summed E-state index contributed by atoms with van der Waals surface area (Å²) in [7, 11) is 0. The van der Waals surface area contributed by atoms with Gasteiger partial charge in [-0.2, -0.15) is 4.98 Å². The molecular weight excluding hydrogens is 305 g/mol. The molecule has 1 aromatic carbocycles. The molecule has 0 radical (unpaired) electrons. The Kier molecular flexibility index (Phi) is 4.05. The van der Waals surface area contributed by atoms with Gasteiger partial charge >= 0.3 is 0 Å². The topological polar surface area (TPSA) is 85.2 Å². The van der Waals surface area contributed by atoms with Crippen molar-refractivity contribution >= 4 is 15.9 Å². The van der Waals surface area contributed by atoms with Crippen LogP contribution >= 0.6 is 15.9 Å². The fourth-order valence-corrected chi connectivity index (χ4v) is 1.92. The molecule has 1 aromatic heterocycles. The van der Waals surface area contributed by atoms with Gasteiger partial charge in [0.25, 0.3) is 5.89 Å². The molecule has 0 aliphatic rings. The molecule has 0 bridgehead atoms. The normalized spacial score (nSPS) is 12.7. The number of aliphatic hydroxyl groups is 1. The number of benzene rings is 1. The Morgan fingerprint density at radius 1 is 1.44 bits per heavy atom. The molecule has 18 heavy (non-hydrogen) atoms. The molecule has 1 unspecified atom stereocenters. The van der Waals surface area contributed by atoms with Crippen molar-refractivity contribution in [3.63, 3.8) is 0 Å². The van der Waals surface area contributed by atoms with Crippen LogP contribution < -0.4 is 5.73 Å². The van der Waals surface area contributed by atoms with Crippen molar-refractivity contribution in [3.8, 4) is 11.4 Å². The van der Waals surface area contributed by atoms with Gasteiger partial charge in [0, 0.05) is 10.0 Å². The second kappa shape index (κ2) is 5.55. The summed E-state index contributed by atoms with van der Waals surface area (Å²) in [5.74, 6) is -0.106. The Labute approximate surface area is 111 Å². The van der Waals surface area contributed by atoms with Gasteiger partial charge in [-0.05, 0) is 31.2 Å². The smallest absolute Gasteiger partial charge is 0.255 e. The molecule has 5 nitrogen and oxygen atoms in total. The lowest BCUT2D eigenvalue weighted by Crippen LogP contribution is -2.06. The molecule has 7 heteroatoms. The second-order valence-electron chi connectivity index (χ2n) is 3.71. The summed E-state index contributed by atoms with van der Waals surface area (Å²) in [6.07, 6.45) is -0.567. The van der Waals surface area contributed by atoms with Crippen LogP contribution in [0.3, 0.4) is 0 Å². The van der Waals surface area contributed by atoms with Gasteiger partial charge in [-0.1, -0.05) is 21.1 Å². The SMILES string of the molecule is NCCC(O)c1nc(-c2cc(F)cc(Br)c2)no1. The lowest BCUT2D eigenvalue weighted by Gasteiger charge is -2.01. The van der Waals surface area contributed by atoms with Crippen molar-refractivity contribution in [2.75, 3.05) is 6.54 Å². The van der Waals surface area contributed by atoms with Gasteiger partial charge < -0.3 is 15.4 Å². The monoisotopic (exact) mass is 315 g/mol. The third kappa shape index (κ3) is 2.92. The number of hydrogen-bond donors (Lipinski definition) is 2. The van der Waals surface area contributed by atoms with Gasteiger partial charge in [0.15, 0.2) is 0 Å². The molecule has 0 aliphatic carbocycles. The lowest BCUT2D eigenvalue weighted by atomic mass is 10.2. The molecule has 3 N–H and O–H groups in total. The van der Waals surface area contributed by atoms with E-state index in [4.69, 9.17) is 10.3 Å². The summed E-state index contributed by atoms with van der Waals surface area (Å²) in [5, 5.41) is 13.3. The van der Waals surface area contributed by atoms with E-state index in [-0.39, 0.29) is 11.7 Å². The van der Waals surface area contributed by atoms with Gasteiger partial charge in [0.1, 0.15) is 11.9 Å². The maximum atomic E-state index is 13.2. The minimum absolute atomic E-state index is 0.0795. The van der Waals surface area contributed by atoms with Gasteiger partial charge in [-0.15, -0.1) is 0 Å². The van der Waals surface area contributed by atoms with Gasteiger partial charge in [0.2, 0.25) is 5.82 Å². The molecule has 96 valence electrons. The fourth-order valence-electron chi connectivity index (χ4n) is 1.45. The Hall–Kier alpha value is -1.31. The second-order valence-corrected chi connectivity index (χ2v) is 4.62. The highest BCUT2D eigenvalue weighted by Gasteiger charge is 2.16. The summed E-state index contributed by atoms with van der Waals surface area (Å²) in [6.45, 7) is 0.310. The van der Waals surface area contributed by atoms with E-state index in [0.717, 1.165) is 0 Å². The number of nitrogens with zero attached hydrogens (tertiary/aromatic N) is 2. The summed E-state index contributed by atoms with van der Waals surface area (Å²) in [5.41, 5.74) is 5.79. The number of rotatable bonds is 4. The van der Waals surface area contributed by atoms with Crippen LogP contribution in [0, 0.1) is 5.82 Å². The van der Waals surface area contributed by atoms with E-state index in [1.165, 1.54) is 12.1 Å². The number of nitrogens with two attached hydrogens (primary N) is 1. The molecule has 0 aliphatic heterocycles. The number of hydrogen-bond acceptors (Lipinski definition) is 5. The third-order valence-corrected chi connectivity index (χ3v) is 2.75. The standard InChI is InChI=1S/C11H11BrFN3O2/c12-7-3-6(4-8(13)5-7)10-15-11(18-16-10)9(17)1-2-14/h3-5,9,17H,1-2,14H2. The van der Waals surface area contributed by atoms with Crippen LogP contribution in [0.4, 0.5) is 4.39 Å². The van der Waals surface area contributed by atoms with Crippen molar-refractivity contribution in [3.05, 3.63) is 34.4 Å². The molecule has 0 saturated heterocycles. The summed E-state index contributed by atoms with van der Waals surface area (Å²) < 4.78 is 18.7. The maximum Gasteiger partial charge on any atom is 0.255 e. The van der Waals surface area contributed by atoms with Crippen LogP contribution in [-0.4, -0.2) is 21.8 Å². The van der Waals surface area contributed by atoms with Crippen molar-refractivity contribution < 1.29 is 14.0 Å². The highest BCUT2D eigenvalue weighted by Crippen LogP contribution is 2.24. The van der Waals surface area contributed by atoms with Crippen molar-refractivity contribution in [2.24, 2.45) is 5.73 Å². The average Bonchev–Trinajstić information content (AvgIpc) is 2.77. The van der Waals surface area contributed by atoms with E-state index in [9.17, 15) is 9.50 Å². The van der Waals surface area contributed by atoms with E-state index in [1.54, 1.807) is 6.07 Å². The Morgan fingerprint density at radius 3 is 2.89 bits per heavy atom. The first kappa shape index (κ1) is 13.1. The molecular formula is C11H11BrFN3O2. The maximum absolute atomic E-state index is 13.2. The largest absolute Gasteiger partial charge is 0.383 e. The van der Waals surface area contributed by atoms with E-state index in [1.807, 2.05) is 0 Å². The fraction of sp³-hybridized carbons (Fsp3) is 0.273. The van der Waals surface area contributed by atoms with E-state index < -0.39 is 11.9 Å². The van der Waals surface area contributed by atoms with Crippen molar-refractivity contribution in [1.29, 1.82) is 0 Å². The Morgan fingerprint density at radius 2 is 2.22 bits per heavy atom. The van der Waals surface area contributed by atoms with Crippen LogP contribution in [-0.2, 0) is 0 Å². The zero-order chi connectivity index (χ0) is 13.1. The molecule has 0 amide bonds. The number of aliphatic hydroxyl groups excluding tert-OH is 1. The molecule has 0 fully saturated rings. The zero-order valence-electron chi connectivity index (χ0n) is 9.31. The van der Waals surface area contributed by atoms with E-state index in [0.29, 0.717) is 23.0 Å². The molecule has 2 rings (SSSR count). The minimum atomic E-state index is -0.895. The average molecular weight is 316 g/mol. The molecule has 1 heterocycles. The predicted molar refractivity (Wildman–Crippen MR) is 66.0 cm³/mol. The van der Waals surface area contributed by atoms with Crippen LogP contribution in [0.25, 0.3) is 11.4 Å². The molecule has 2 aromatic rings. The highest BCUT2D eigenvalue weighted by atomic mass is 79.9. The van der Waals surface area contributed by atoms with Gasteiger partial charge in [-0.3, -0.25) is 0 Å². The first-order valence-electron chi connectivity index (χ1n) is 5.28. The first-order chi connectivity index (χ1) is 8.60. The highest BCUT2D eigenvalue weighted by molar-refractivity contribution is 9.10. The van der Waals surface area contributed by atoms with Gasteiger partial charge in [0.05, 0.1) is 0 Å². The van der Waals surface area contributed by atoms with E-state index >= 15 is 0 Å².